The number of hydrogen-bond donors (Lipinski definition) is 1. The van der Waals surface area contributed by atoms with Crippen LogP contribution in [0.15, 0.2) is 42.9 Å². The lowest BCUT2D eigenvalue weighted by molar-refractivity contribution is -0.126. The first-order valence-electron chi connectivity index (χ1n) is 8.84. The number of hydrogen-bond acceptors (Lipinski definition) is 5. The third-order valence-corrected chi connectivity index (χ3v) is 4.94. The van der Waals surface area contributed by atoms with Gasteiger partial charge in [-0.2, -0.15) is 0 Å². The van der Waals surface area contributed by atoms with Crippen LogP contribution in [0, 0.1) is 5.92 Å². The summed E-state index contributed by atoms with van der Waals surface area (Å²) in [5, 5.41) is 3.24. The van der Waals surface area contributed by atoms with Gasteiger partial charge in [0.25, 0.3) is 0 Å². The molecule has 130 valence electrons. The van der Waals surface area contributed by atoms with E-state index in [1.54, 1.807) is 18.6 Å². The van der Waals surface area contributed by atoms with Crippen molar-refractivity contribution in [2.75, 3.05) is 24.6 Å². The molecule has 0 bridgehead atoms. The Hall–Kier alpha value is -2.63. The number of carbonyl (C=O) groups is 1. The zero-order chi connectivity index (χ0) is 17.1. The van der Waals surface area contributed by atoms with Gasteiger partial charge in [-0.05, 0) is 18.9 Å². The van der Waals surface area contributed by atoms with Gasteiger partial charge < -0.3 is 15.0 Å². The summed E-state index contributed by atoms with van der Waals surface area (Å²) in [6, 6.07) is 7.98. The van der Waals surface area contributed by atoms with Crippen LogP contribution < -0.4 is 15.0 Å². The zero-order valence-corrected chi connectivity index (χ0v) is 14.1. The minimum absolute atomic E-state index is 0.0224. The lowest BCUT2D eigenvalue weighted by Gasteiger charge is -2.34. The maximum atomic E-state index is 12.8. The largest absolute Gasteiger partial charge is 0.493 e. The van der Waals surface area contributed by atoms with Gasteiger partial charge in [0.05, 0.1) is 24.8 Å². The molecule has 0 radical (unpaired) electrons. The van der Waals surface area contributed by atoms with E-state index in [2.05, 4.69) is 20.2 Å². The molecule has 0 unspecified atom stereocenters. The predicted octanol–water partition coefficient (Wildman–Crippen LogP) is 2.33. The van der Waals surface area contributed by atoms with Crippen LogP contribution in [-0.4, -0.2) is 35.6 Å². The maximum absolute atomic E-state index is 12.8. The minimum atomic E-state index is -0.0224. The van der Waals surface area contributed by atoms with Crippen molar-refractivity contribution >= 4 is 11.7 Å². The van der Waals surface area contributed by atoms with Gasteiger partial charge in [0.2, 0.25) is 5.91 Å². The maximum Gasteiger partial charge on any atom is 0.225 e. The number of amides is 1. The third kappa shape index (κ3) is 3.43. The van der Waals surface area contributed by atoms with E-state index in [1.807, 2.05) is 24.3 Å². The van der Waals surface area contributed by atoms with Crippen molar-refractivity contribution in [3.05, 3.63) is 48.4 Å². The van der Waals surface area contributed by atoms with Crippen molar-refractivity contribution in [2.24, 2.45) is 5.92 Å². The highest BCUT2D eigenvalue weighted by atomic mass is 16.5. The monoisotopic (exact) mass is 338 g/mol. The van der Waals surface area contributed by atoms with Crippen molar-refractivity contribution in [2.45, 2.75) is 25.3 Å². The first kappa shape index (κ1) is 15.9. The number of piperidine rings is 1. The van der Waals surface area contributed by atoms with Crippen LogP contribution >= 0.6 is 0 Å². The van der Waals surface area contributed by atoms with Crippen LogP contribution in [0.3, 0.4) is 0 Å². The number of benzene rings is 1. The van der Waals surface area contributed by atoms with Gasteiger partial charge in [0.1, 0.15) is 11.6 Å². The number of ether oxygens (including phenoxy) is 1. The normalized spacial score (nSPS) is 22.6. The number of nitrogens with one attached hydrogen (secondary N) is 1. The van der Waals surface area contributed by atoms with Crippen molar-refractivity contribution < 1.29 is 9.53 Å². The molecule has 2 atom stereocenters. The van der Waals surface area contributed by atoms with Crippen molar-refractivity contribution in [1.29, 1.82) is 0 Å². The van der Waals surface area contributed by atoms with E-state index in [1.165, 1.54) is 0 Å². The van der Waals surface area contributed by atoms with Gasteiger partial charge in [-0.1, -0.05) is 18.2 Å². The molecule has 2 aliphatic rings. The first-order valence-corrected chi connectivity index (χ1v) is 8.84. The molecule has 1 aromatic carbocycles. The topological polar surface area (TPSA) is 67.3 Å². The lowest BCUT2D eigenvalue weighted by atomic mass is 9.95. The third-order valence-electron chi connectivity index (χ3n) is 4.94. The molecule has 1 saturated heterocycles. The summed E-state index contributed by atoms with van der Waals surface area (Å²) in [6.07, 6.45) is 7.82. The second-order valence-corrected chi connectivity index (χ2v) is 6.58. The van der Waals surface area contributed by atoms with Crippen molar-refractivity contribution in [3.63, 3.8) is 0 Å². The fourth-order valence-electron chi connectivity index (χ4n) is 3.64. The van der Waals surface area contributed by atoms with E-state index in [0.717, 1.165) is 42.9 Å². The first-order chi connectivity index (χ1) is 12.3. The Morgan fingerprint density at radius 3 is 3.04 bits per heavy atom. The highest BCUT2D eigenvalue weighted by Gasteiger charge is 2.30. The van der Waals surface area contributed by atoms with Crippen LogP contribution in [0.4, 0.5) is 5.82 Å². The molecular weight excluding hydrogens is 316 g/mol. The van der Waals surface area contributed by atoms with E-state index in [9.17, 15) is 4.79 Å². The quantitative estimate of drug-likeness (QED) is 0.930. The summed E-state index contributed by atoms with van der Waals surface area (Å²) in [7, 11) is 0. The minimum Gasteiger partial charge on any atom is -0.493 e. The number of rotatable bonds is 3. The van der Waals surface area contributed by atoms with Gasteiger partial charge >= 0.3 is 0 Å². The average molecular weight is 338 g/mol. The summed E-state index contributed by atoms with van der Waals surface area (Å²) in [5.74, 6) is 1.82. The second kappa shape index (κ2) is 7.09. The Bertz CT molecular complexity index is 737. The summed E-state index contributed by atoms with van der Waals surface area (Å²) in [6.45, 7) is 2.25. The van der Waals surface area contributed by atoms with E-state index in [-0.39, 0.29) is 17.9 Å². The van der Waals surface area contributed by atoms with Crippen molar-refractivity contribution in [1.82, 2.24) is 15.3 Å². The highest BCUT2D eigenvalue weighted by Crippen LogP contribution is 2.32. The van der Waals surface area contributed by atoms with Gasteiger partial charge in [0, 0.05) is 37.5 Å². The average Bonchev–Trinajstić information content (AvgIpc) is 2.69. The Morgan fingerprint density at radius 2 is 2.16 bits per heavy atom. The zero-order valence-electron chi connectivity index (χ0n) is 14.1. The molecule has 0 aliphatic carbocycles. The van der Waals surface area contributed by atoms with E-state index in [4.69, 9.17) is 4.74 Å². The SMILES string of the molecule is O=C(N[C@H]1CCOc2ccccc21)[C@H]1CCCN(c2cnccn2)C1. The molecule has 0 spiro atoms. The fraction of sp³-hybridized carbons (Fsp3) is 0.421. The predicted molar refractivity (Wildman–Crippen MR) is 94.4 cm³/mol. The van der Waals surface area contributed by atoms with Gasteiger partial charge in [-0.3, -0.25) is 9.78 Å². The summed E-state index contributed by atoms with van der Waals surface area (Å²) in [4.78, 5) is 23.5. The molecule has 1 N–H and O–H groups in total. The van der Waals surface area contributed by atoms with Gasteiger partial charge in [0.15, 0.2) is 0 Å². The van der Waals surface area contributed by atoms with Crippen LogP contribution in [0.2, 0.25) is 0 Å². The molecule has 2 aromatic rings. The number of fused-ring (bicyclic) bond motifs is 1. The number of carbonyl (C=O) groups excluding carboxylic acids is 1. The van der Waals surface area contributed by atoms with Crippen molar-refractivity contribution in [3.8, 4) is 5.75 Å². The molecule has 6 nitrogen and oxygen atoms in total. The van der Waals surface area contributed by atoms with E-state index >= 15 is 0 Å². The summed E-state index contributed by atoms with van der Waals surface area (Å²) >= 11 is 0. The molecule has 25 heavy (non-hydrogen) atoms. The summed E-state index contributed by atoms with van der Waals surface area (Å²) in [5.41, 5.74) is 1.07. The second-order valence-electron chi connectivity index (χ2n) is 6.58. The van der Waals surface area contributed by atoms with Crippen LogP contribution in [0.1, 0.15) is 30.9 Å². The Balaban J connectivity index is 1.43. The molecule has 1 fully saturated rings. The van der Waals surface area contributed by atoms with Crippen LogP contribution in [0.25, 0.3) is 0 Å². The molecular formula is C19H22N4O2. The number of aromatic nitrogens is 2. The lowest BCUT2D eigenvalue weighted by Crippen LogP contribution is -2.44. The molecule has 3 heterocycles. The Morgan fingerprint density at radius 1 is 1.24 bits per heavy atom. The summed E-state index contributed by atoms with van der Waals surface area (Å²) < 4.78 is 5.68. The Kier molecular flexibility index (Phi) is 4.50. The molecule has 0 saturated carbocycles. The van der Waals surface area contributed by atoms with Gasteiger partial charge in [-0.15, -0.1) is 0 Å². The molecule has 6 heteroatoms. The standard InChI is InChI=1S/C19H22N4O2/c24-19(22-16-7-11-25-17-6-2-1-5-15(16)17)14-4-3-10-23(13-14)18-12-20-8-9-21-18/h1-2,5-6,8-9,12,14,16H,3-4,7,10-11,13H2,(H,22,24)/t14-,16-/m0/s1. The number of para-hydroxylation sites is 1. The molecule has 1 amide bonds. The fourth-order valence-corrected chi connectivity index (χ4v) is 3.64. The van der Waals surface area contributed by atoms with E-state index < -0.39 is 0 Å². The smallest absolute Gasteiger partial charge is 0.225 e. The van der Waals surface area contributed by atoms with Crippen LogP contribution in [-0.2, 0) is 4.79 Å². The molecule has 2 aliphatic heterocycles. The number of nitrogens with zero attached hydrogens (tertiary/aromatic N) is 3. The van der Waals surface area contributed by atoms with E-state index in [0.29, 0.717) is 13.2 Å². The van der Waals surface area contributed by atoms with Gasteiger partial charge in [-0.25, -0.2) is 4.98 Å². The molecule has 4 rings (SSSR count). The van der Waals surface area contributed by atoms with Crippen LogP contribution in [0.5, 0.6) is 5.75 Å². The highest BCUT2D eigenvalue weighted by molar-refractivity contribution is 5.80. The molecule has 1 aromatic heterocycles. The Labute approximate surface area is 147 Å². The number of anilines is 1.